The molecule has 2 bridgehead atoms. The Kier molecular flexibility index (Phi) is 8.99. The molecule has 2 aliphatic heterocycles. The molecule has 3 unspecified atom stereocenters. The monoisotopic (exact) mass is 556 g/mol. The van der Waals surface area contributed by atoms with Gasteiger partial charge in [-0.3, -0.25) is 14.6 Å². The summed E-state index contributed by atoms with van der Waals surface area (Å²) in [5, 5.41) is 0. The number of fused-ring (bicyclic) bond motifs is 2. The summed E-state index contributed by atoms with van der Waals surface area (Å²) in [6, 6.07) is 27.5. The Morgan fingerprint density at radius 1 is 0.756 bits per heavy atom. The maximum absolute atomic E-state index is 13.9. The van der Waals surface area contributed by atoms with E-state index in [9.17, 15) is 14.4 Å². The smallest absolute Gasteiger partial charge is 0.410 e. The minimum atomic E-state index is -1.30. The van der Waals surface area contributed by atoms with Crippen LogP contribution < -0.4 is 0 Å². The Morgan fingerprint density at radius 3 is 1.90 bits per heavy atom. The first-order valence-corrected chi connectivity index (χ1v) is 14.1. The van der Waals surface area contributed by atoms with E-state index in [2.05, 4.69) is 4.90 Å². The Bertz CT molecular complexity index is 1320. The SMILES string of the molecule is CCOC(=O)C12CC(CN(Cc3ccccc3)C1)CN(C(=O)OCc1ccccc1)C2C(=O)OCc1ccccc1. The van der Waals surface area contributed by atoms with Gasteiger partial charge in [-0.25, -0.2) is 9.59 Å². The van der Waals surface area contributed by atoms with Crippen LogP contribution in [-0.4, -0.2) is 60.1 Å². The molecule has 2 aliphatic rings. The second-order valence-corrected chi connectivity index (χ2v) is 10.8. The molecule has 3 aromatic rings. The summed E-state index contributed by atoms with van der Waals surface area (Å²) in [5.74, 6) is -1.19. The molecule has 8 heteroatoms. The third-order valence-corrected chi connectivity index (χ3v) is 7.78. The lowest BCUT2D eigenvalue weighted by Crippen LogP contribution is -2.70. The van der Waals surface area contributed by atoms with Crippen LogP contribution in [0.25, 0.3) is 0 Å². The Labute approximate surface area is 240 Å². The predicted molar refractivity (Wildman–Crippen MR) is 152 cm³/mol. The summed E-state index contributed by atoms with van der Waals surface area (Å²) in [6.07, 6.45) is -0.226. The molecule has 5 rings (SSSR count). The topological polar surface area (TPSA) is 85.4 Å². The zero-order chi connectivity index (χ0) is 28.7. The fourth-order valence-corrected chi connectivity index (χ4v) is 6.11. The van der Waals surface area contributed by atoms with Gasteiger partial charge in [0.05, 0.1) is 6.61 Å². The Morgan fingerprint density at radius 2 is 1.32 bits per heavy atom. The molecule has 0 aromatic heterocycles. The molecule has 41 heavy (non-hydrogen) atoms. The van der Waals surface area contributed by atoms with E-state index in [0.717, 1.165) is 16.7 Å². The Hall–Kier alpha value is -4.17. The number of ether oxygens (including phenoxy) is 3. The molecule has 0 aliphatic carbocycles. The number of nitrogens with zero attached hydrogens (tertiary/aromatic N) is 2. The molecule has 8 nitrogen and oxygen atoms in total. The summed E-state index contributed by atoms with van der Waals surface area (Å²) < 4.78 is 17.1. The first-order chi connectivity index (χ1) is 20.0. The third-order valence-electron chi connectivity index (χ3n) is 7.78. The highest BCUT2D eigenvalue weighted by atomic mass is 16.6. The number of rotatable bonds is 9. The summed E-state index contributed by atoms with van der Waals surface area (Å²) >= 11 is 0. The van der Waals surface area contributed by atoms with Crippen LogP contribution in [0.3, 0.4) is 0 Å². The van der Waals surface area contributed by atoms with Gasteiger partial charge in [0.1, 0.15) is 24.7 Å². The molecule has 3 aromatic carbocycles. The second kappa shape index (κ2) is 13.0. The van der Waals surface area contributed by atoms with Crippen LogP contribution in [0, 0.1) is 11.3 Å². The van der Waals surface area contributed by atoms with Crippen molar-refractivity contribution >= 4 is 18.0 Å². The highest BCUT2D eigenvalue weighted by Gasteiger charge is 2.62. The van der Waals surface area contributed by atoms with Crippen LogP contribution in [-0.2, 0) is 43.6 Å². The number of likely N-dealkylation sites (tertiary alicyclic amines) is 2. The number of benzene rings is 3. The molecule has 3 atom stereocenters. The molecule has 0 radical (unpaired) electrons. The van der Waals surface area contributed by atoms with E-state index in [1.165, 1.54) is 4.90 Å². The lowest BCUT2D eigenvalue weighted by atomic mass is 9.66. The molecule has 0 saturated carbocycles. The first-order valence-electron chi connectivity index (χ1n) is 14.1. The van der Waals surface area contributed by atoms with E-state index in [4.69, 9.17) is 14.2 Å². The van der Waals surface area contributed by atoms with Crippen molar-refractivity contribution in [2.75, 3.05) is 26.2 Å². The highest BCUT2D eigenvalue weighted by Crippen LogP contribution is 2.45. The van der Waals surface area contributed by atoms with Crippen molar-refractivity contribution in [3.8, 4) is 0 Å². The number of amides is 1. The van der Waals surface area contributed by atoms with Crippen LogP contribution in [0.15, 0.2) is 91.0 Å². The van der Waals surface area contributed by atoms with Crippen molar-refractivity contribution in [3.63, 3.8) is 0 Å². The van der Waals surface area contributed by atoms with Crippen LogP contribution in [0.1, 0.15) is 30.0 Å². The largest absolute Gasteiger partial charge is 0.465 e. The van der Waals surface area contributed by atoms with E-state index in [-0.39, 0.29) is 38.8 Å². The summed E-state index contributed by atoms with van der Waals surface area (Å²) in [4.78, 5) is 45.0. The molecule has 214 valence electrons. The highest BCUT2D eigenvalue weighted by molar-refractivity contribution is 5.91. The molecular formula is C33H36N2O6. The minimum absolute atomic E-state index is 0.0269. The zero-order valence-corrected chi connectivity index (χ0v) is 23.3. The molecule has 1 amide bonds. The minimum Gasteiger partial charge on any atom is -0.465 e. The lowest BCUT2D eigenvalue weighted by Gasteiger charge is -2.54. The lowest BCUT2D eigenvalue weighted by molar-refractivity contribution is -0.185. The van der Waals surface area contributed by atoms with Crippen molar-refractivity contribution in [1.29, 1.82) is 0 Å². The number of hydrogen-bond acceptors (Lipinski definition) is 7. The number of esters is 2. The van der Waals surface area contributed by atoms with Gasteiger partial charge in [-0.05, 0) is 36.0 Å². The quantitative estimate of drug-likeness (QED) is 0.276. The van der Waals surface area contributed by atoms with Crippen LogP contribution in [0.2, 0.25) is 0 Å². The fourth-order valence-electron chi connectivity index (χ4n) is 6.11. The molecule has 2 fully saturated rings. The molecular weight excluding hydrogens is 520 g/mol. The number of piperidine rings is 2. The maximum Gasteiger partial charge on any atom is 0.410 e. The van der Waals surface area contributed by atoms with E-state index in [1.807, 2.05) is 91.0 Å². The second-order valence-electron chi connectivity index (χ2n) is 10.8. The van der Waals surface area contributed by atoms with E-state index < -0.39 is 29.5 Å². The number of carbonyl (C=O) groups is 3. The summed E-state index contributed by atoms with van der Waals surface area (Å²) in [7, 11) is 0. The third kappa shape index (κ3) is 6.60. The fraction of sp³-hybridized carbons (Fsp3) is 0.364. The number of hydrogen-bond donors (Lipinski definition) is 0. The maximum atomic E-state index is 13.9. The Balaban J connectivity index is 1.46. The van der Waals surface area contributed by atoms with E-state index >= 15 is 0 Å². The zero-order valence-electron chi connectivity index (χ0n) is 23.3. The molecule has 0 N–H and O–H groups in total. The average molecular weight is 557 g/mol. The van der Waals surface area contributed by atoms with Crippen molar-refractivity contribution in [2.24, 2.45) is 11.3 Å². The van der Waals surface area contributed by atoms with Crippen LogP contribution in [0.4, 0.5) is 4.79 Å². The van der Waals surface area contributed by atoms with Gasteiger partial charge in [-0.2, -0.15) is 0 Å². The van der Waals surface area contributed by atoms with Crippen molar-refractivity contribution in [2.45, 2.75) is 39.1 Å². The normalized spacial score (nSPS) is 22.0. The van der Waals surface area contributed by atoms with Gasteiger partial charge in [0, 0.05) is 26.2 Å². The molecule has 2 saturated heterocycles. The summed E-state index contributed by atoms with van der Waals surface area (Å²) in [6.45, 7) is 3.80. The van der Waals surface area contributed by atoms with Crippen LogP contribution >= 0.6 is 0 Å². The first kappa shape index (κ1) is 28.4. The molecule has 2 heterocycles. The predicted octanol–water partition coefficient (Wildman–Crippen LogP) is 4.82. The standard InChI is InChI=1S/C33H36N2O6/c1-2-39-31(37)33-18-28(20-34(24-33)19-25-12-6-3-7-13-25)21-35(32(38)41-23-27-16-10-5-11-17-27)29(33)30(36)40-22-26-14-8-4-9-15-26/h3-17,28-29H,2,18-24H2,1H3. The van der Waals surface area contributed by atoms with Gasteiger partial charge >= 0.3 is 18.0 Å². The van der Waals surface area contributed by atoms with Gasteiger partial charge in [0.15, 0.2) is 0 Å². The van der Waals surface area contributed by atoms with Crippen LogP contribution in [0.5, 0.6) is 0 Å². The van der Waals surface area contributed by atoms with Gasteiger partial charge < -0.3 is 14.2 Å². The van der Waals surface area contributed by atoms with E-state index in [0.29, 0.717) is 19.5 Å². The number of carbonyl (C=O) groups excluding carboxylic acids is 3. The van der Waals surface area contributed by atoms with Gasteiger partial charge in [0.2, 0.25) is 0 Å². The average Bonchev–Trinajstić information content (AvgIpc) is 3.00. The van der Waals surface area contributed by atoms with E-state index in [1.54, 1.807) is 6.92 Å². The van der Waals surface area contributed by atoms with Crippen molar-refractivity contribution in [3.05, 3.63) is 108 Å². The molecule has 0 spiro atoms. The van der Waals surface area contributed by atoms with Gasteiger partial charge in [-0.1, -0.05) is 91.0 Å². The van der Waals surface area contributed by atoms with Gasteiger partial charge in [0.25, 0.3) is 0 Å². The van der Waals surface area contributed by atoms with Crippen molar-refractivity contribution in [1.82, 2.24) is 9.80 Å². The van der Waals surface area contributed by atoms with Crippen molar-refractivity contribution < 1.29 is 28.6 Å². The van der Waals surface area contributed by atoms with Gasteiger partial charge in [-0.15, -0.1) is 0 Å². The summed E-state index contributed by atoms with van der Waals surface area (Å²) in [5.41, 5.74) is 1.45.